The highest BCUT2D eigenvalue weighted by molar-refractivity contribution is 8.38. The fourth-order valence-corrected chi connectivity index (χ4v) is 1.87. The maximum atomic E-state index is 7.21. The molecule has 0 bridgehead atoms. The Morgan fingerprint density at radius 3 is 1.88 bits per heavy atom. The van der Waals surface area contributed by atoms with E-state index in [2.05, 4.69) is 13.8 Å². The van der Waals surface area contributed by atoms with Gasteiger partial charge in [0.25, 0.3) is 0 Å². The average Bonchev–Trinajstić information content (AvgIpc) is 1.68. The lowest BCUT2D eigenvalue weighted by molar-refractivity contribution is 1.52. The molecule has 0 aromatic rings. The standard InChI is InChI=1S/C5H11NS2/c1-3-7-5(6)8-4-2/h6H,3-4H2,1-2H3. The first-order valence-corrected chi connectivity index (χ1v) is 4.62. The van der Waals surface area contributed by atoms with E-state index in [4.69, 9.17) is 5.41 Å². The highest BCUT2D eigenvalue weighted by Gasteiger charge is 1.91. The fraction of sp³-hybridized carbons (Fsp3) is 0.800. The Labute approximate surface area is 59.1 Å². The Morgan fingerprint density at radius 2 is 1.62 bits per heavy atom. The van der Waals surface area contributed by atoms with Crippen molar-refractivity contribution < 1.29 is 0 Å². The van der Waals surface area contributed by atoms with Gasteiger partial charge in [-0.2, -0.15) is 0 Å². The molecule has 0 aliphatic heterocycles. The summed E-state index contributed by atoms with van der Waals surface area (Å²) in [5.74, 6) is 2.04. The van der Waals surface area contributed by atoms with Gasteiger partial charge in [0, 0.05) is 0 Å². The Morgan fingerprint density at radius 1 is 1.25 bits per heavy atom. The van der Waals surface area contributed by atoms with Crippen LogP contribution >= 0.6 is 23.5 Å². The smallest absolute Gasteiger partial charge is 0.121 e. The normalized spacial score (nSPS) is 9.25. The van der Waals surface area contributed by atoms with Gasteiger partial charge in [0.05, 0.1) is 0 Å². The third kappa shape index (κ3) is 4.53. The van der Waals surface area contributed by atoms with E-state index in [1.54, 1.807) is 23.5 Å². The molecule has 0 radical (unpaired) electrons. The van der Waals surface area contributed by atoms with Crippen LogP contribution in [0, 0.1) is 5.41 Å². The summed E-state index contributed by atoms with van der Waals surface area (Å²) in [5.41, 5.74) is 0. The van der Waals surface area contributed by atoms with E-state index in [0.717, 1.165) is 15.9 Å². The molecule has 0 amide bonds. The third-order valence-electron chi connectivity index (χ3n) is 0.551. The molecule has 0 rings (SSSR count). The van der Waals surface area contributed by atoms with Crippen molar-refractivity contribution in [3.8, 4) is 0 Å². The van der Waals surface area contributed by atoms with Gasteiger partial charge in [-0.25, -0.2) is 0 Å². The number of hydrogen-bond acceptors (Lipinski definition) is 3. The lowest BCUT2D eigenvalue weighted by Gasteiger charge is -1.94. The van der Waals surface area contributed by atoms with Gasteiger partial charge in [-0.3, -0.25) is 5.41 Å². The molecule has 0 atom stereocenters. The van der Waals surface area contributed by atoms with Crippen LogP contribution in [0.1, 0.15) is 13.8 Å². The zero-order chi connectivity index (χ0) is 6.41. The van der Waals surface area contributed by atoms with Crippen LogP contribution in [0.4, 0.5) is 0 Å². The van der Waals surface area contributed by atoms with Crippen molar-refractivity contribution in [2.45, 2.75) is 13.8 Å². The predicted octanol–water partition coefficient (Wildman–Crippen LogP) is 2.43. The van der Waals surface area contributed by atoms with Crippen LogP contribution in [0.2, 0.25) is 0 Å². The van der Waals surface area contributed by atoms with Gasteiger partial charge in [-0.1, -0.05) is 13.8 Å². The quantitative estimate of drug-likeness (QED) is 0.481. The molecule has 0 saturated carbocycles. The van der Waals surface area contributed by atoms with E-state index >= 15 is 0 Å². The van der Waals surface area contributed by atoms with Crippen LogP contribution in [0.15, 0.2) is 0 Å². The van der Waals surface area contributed by atoms with Crippen LogP contribution in [-0.2, 0) is 0 Å². The van der Waals surface area contributed by atoms with Gasteiger partial charge in [-0.05, 0) is 11.5 Å². The highest BCUT2D eigenvalue weighted by atomic mass is 32.2. The van der Waals surface area contributed by atoms with E-state index in [9.17, 15) is 0 Å². The van der Waals surface area contributed by atoms with Crippen molar-refractivity contribution in [2.75, 3.05) is 11.5 Å². The molecule has 0 aliphatic rings. The highest BCUT2D eigenvalue weighted by Crippen LogP contribution is 2.13. The number of thioether (sulfide) groups is 2. The molecule has 1 nitrogen and oxygen atoms in total. The van der Waals surface area contributed by atoms with Crippen molar-refractivity contribution in [3.63, 3.8) is 0 Å². The van der Waals surface area contributed by atoms with E-state index < -0.39 is 0 Å². The number of hydrogen-bond donors (Lipinski definition) is 1. The summed E-state index contributed by atoms with van der Waals surface area (Å²) in [6.07, 6.45) is 0. The van der Waals surface area contributed by atoms with Crippen molar-refractivity contribution >= 4 is 27.9 Å². The second kappa shape index (κ2) is 5.51. The fourth-order valence-electron chi connectivity index (χ4n) is 0.304. The summed E-state index contributed by atoms with van der Waals surface area (Å²) >= 11 is 3.20. The van der Waals surface area contributed by atoms with Gasteiger partial charge in [-0.15, -0.1) is 23.5 Å². The number of nitrogens with one attached hydrogen (secondary N) is 1. The topological polar surface area (TPSA) is 23.9 Å². The summed E-state index contributed by atoms with van der Waals surface area (Å²) in [6.45, 7) is 4.13. The van der Waals surface area contributed by atoms with E-state index in [-0.39, 0.29) is 0 Å². The first kappa shape index (κ1) is 8.37. The molecule has 3 heteroatoms. The first-order valence-electron chi connectivity index (χ1n) is 2.65. The van der Waals surface area contributed by atoms with Crippen molar-refractivity contribution in [3.05, 3.63) is 0 Å². The molecule has 0 aromatic carbocycles. The summed E-state index contributed by atoms with van der Waals surface area (Å²) in [6, 6.07) is 0. The lowest BCUT2D eigenvalue weighted by atomic mass is 11.0. The van der Waals surface area contributed by atoms with Crippen LogP contribution in [0.5, 0.6) is 0 Å². The van der Waals surface area contributed by atoms with Gasteiger partial charge >= 0.3 is 0 Å². The number of rotatable bonds is 2. The summed E-state index contributed by atoms with van der Waals surface area (Å²) in [4.78, 5) is 0. The van der Waals surface area contributed by atoms with Crippen LogP contribution < -0.4 is 0 Å². The van der Waals surface area contributed by atoms with Gasteiger partial charge in [0.2, 0.25) is 0 Å². The van der Waals surface area contributed by atoms with Crippen LogP contribution in [0.3, 0.4) is 0 Å². The molecule has 0 unspecified atom stereocenters. The Hall–Kier alpha value is 0.370. The SMILES string of the molecule is CCSC(=N)SCC. The molecule has 0 saturated heterocycles. The van der Waals surface area contributed by atoms with Gasteiger partial charge in [0.15, 0.2) is 0 Å². The van der Waals surface area contributed by atoms with Crippen molar-refractivity contribution in [1.82, 2.24) is 0 Å². The predicted molar refractivity (Wildman–Crippen MR) is 44.0 cm³/mol. The Kier molecular flexibility index (Phi) is 5.76. The molecule has 0 fully saturated rings. The second-order valence-electron chi connectivity index (χ2n) is 1.15. The molecule has 48 valence electrons. The lowest BCUT2D eigenvalue weighted by Crippen LogP contribution is -1.82. The molecule has 0 spiro atoms. The summed E-state index contributed by atoms with van der Waals surface area (Å²) < 4.78 is 0.745. The van der Waals surface area contributed by atoms with Crippen LogP contribution in [-0.4, -0.2) is 15.9 Å². The van der Waals surface area contributed by atoms with Gasteiger partial charge < -0.3 is 0 Å². The molecule has 0 heterocycles. The molecular formula is C5H11NS2. The van der Waals surface area contributed by atoms with Crippen molar-refractivity contribution in [2.24, 2.45) is 0 Å². The second-order valence-corrected chi connectivity index (χ2v) is 3.96. The largest absolute Gasteiger partial charge is 0.288 e. The zero-order valence-electron chi connectivity index (χ0n) is 5.23. The van der Waals surface area contributed by atoms with E-state index in [0.29, 0.717) is 0 Å². The van der Waals surface area contributed by atoms with E-state index in [1.807, 2.05) is 0 Å². The minimum absolute atomic E-state index is 0.745. The first-order chi connectivity index (χ1) is 3.81. The summed E-state index contributed by atoms with van der Waals surface area (Å²) in [5, 5.41) is 7.21. The molecule has 0 aromatic heterocycles. The third-order valence-corrected chi connectivity index (χ3v) is 2.36. The Bertz CT molecular complexity index is 64.8. The summed E-state index contributed by atoms with van der Waals surface area (Å²) in [7, 11) is 0. The van der Waals surface area contributed by atoms with Crippen molar-refractivity contribution in [1.29, 1.82) is 5.41 Å². The molecule has 8 heavy (non-hydrogen) atoms. The minimum Gasteiger partial charge on any atom is -0.288 e. The van der Waals surface area contributed by atoms with E-state index in [1.165, 1.54) is 0 Å². The minimum atomic E-state index is 0.745. The van der Waals surface area contributed by atoms with Crippen LogP contribution in [0.25, 0.3) is 0 Å². The maximum absolute atomic E-state index is 7.21. The molecule has 1 N–H and O–H groups in total. The maximum Gasteiger partial charge on any atom is 0.121 e. The Balaban J connectivity index is 3.06. The molecular weight excluding hydrogens is 138 g/mol. The average molecular weight is 149 g/mol. The van der Waals surface area contributed by atoms with Gasteiger partial charge in [0.1, 0.15) is 4.38 Å². The molecule has 0 aliphatic carbocycles. The monoisotopic (exact) mass is 149 g/mol. The zero-order valence-corrected chi connectivity index (χ0v) is 6.86.